The van der Waals surface area contributed by atoms with Crippen LogP contribution in [0.2, 0.25) is 0 Å². The number of carbonyl (C=O) groups excluding carboxylic acids is 1. The molecule has 0 spiro atoms. The molecule has 0 radical (unpaired) electrons. The number of ether oxygens (including phenoxy) is 18. The highest BCUT2D eigenvalue weighted by molar-refractivity contribution is 5.79. The molecule has 44 nitrogen and oxygen atoms in total. The van der Waals surface area contributed by atoms with Gasteiger partial charge < -0.3 is 213 Å². The molecule has 0 bridgehead atoms. The molecule has 14 aliphatic rings. The van der Waals surface area contributed by atoms with Crippen LogP contribution in [-0.4, -0.2) is 450 Å². The van der Waals surface area contributed by atoms with E-state index in [1.54, 1.807) is 0 Å². The molecule has 0 aromatic heterocycles. The standard InChI is InChI=1S/C83H136O44/c1-28-42(88)48(94)55(101)68(113-28)111-26-37-46(92)50(96)57(103)71(119-37)123-64-35(23-85)117-72(60(106)53(64)99)124-65-36(24-86)118-73(61(107)54(65)100)125-66-44(90)30(3)115-75(62(66)108)126-67-45(91)33(87)25-110-76(67)121-41-14-15-80(8)39(79(41,6)7)13-16-82(10)40(80)12-11-31-32-21-78(4,5)17-19-83(32,20-18-81(31,82)9)77(109)127-74-58(104)51(97)47(93)38(120-74)27-112-69-59(105)52(98)63(34(22-84)116-69)122-70-56(102)49(95)43(89)29(2)114-70/h11,28-30,32-76,84-108H,12-27H2,1-10H3. The molecule has 9 aliphatic heterocycles. The molecule has 44 heteroatoms. The third-order valence-corrected chi connectivity index (χ3v) is 31.4. The molecule has 25 N–H and O–H groups in total. The summed E-state index contributed by atoms with van der Waals surface area (Å²) in [6, 6.07) is 0. The van der Waals surface area contributed by atoms with Gasteiger partial charge in [-0.2, -0.15) is 0 Å². The average molecular weight is 1840 g/mol. The van der Waals surface area contributed by atoms with E-state index < -0.39 is 338 Å². The van der Waals surface area contributed by atoms with Gasteiger partial charge in [0.25, 0.3) is 0 Å². The fourth-order valence-electron chi connectivity index (χ4n) is 23.3. The zero-order valence-electron chi connectivity index (χ0n) is 72.5. The van der Waals surface area contributed by atoms with Gasteiger partial charge in [-0.1, -0.05) is 60.1 Å². The molecule has 0 amide bonds. The largest absolute Gasteiger partial charge is 0.432 e. The lowest BCUT2D eigenvalue weighted by atomic mass is 9.33. The predicted molar refractivity (Wildman–Crippen MR) is 416 cm³/mol. The van der Waals surface area contributed by atoms with Gasteiger partial charge in [-0.05, 0) is 130 Å². The lowest BCUT2D eigenvalue weighted by Crippen LogP contribution is -2.68. The number of esters is 1. The first kappa shape index (κ1) is 100. The SMILES string of the molecule is CC1OC(OCC2OC(OC3C(CO)OC(OC4C(CO)OC(OC5C(O)C(C)OC(OC6C(OC7CCC8(C)C(CCC9(C)C8CC=C8C%10CC(C)(C)CCC%10(C(=O)OC%10OC(COC%11OC(CO)C(OC%12OC(C)C(O)C(O)C%12O)C(O)C%11O)C(O)C(O)C%10O)CCC89C)C7(C)C)OCC(O)C6O)C5O)C(O)C4O)C(O)C3O)C(O)C(O)C2O)C(O)C(O)C1O. The number of hydrogen-bond donors (Lipinski definition) is 25. The Hall–Kier alpha value is -2.47. The van der Waals surface area contributed by atoms with Crippen LogP contribution in [0, 0.1) is 50.2 Å². The third kappa shape index (κ3) is 18.3. The van der Waals surface area contributed by atoms with E-state index in [4.69, 9.17) is 85.3 Å². The summed E-state index contributed by atoms with van der Waals surface area (Å²) in [4.78, 5) is 15.4. The second kappa shape index (κ2) is 38.8. The highest BCUT2D eigenvalue weighted by Crippen LogP contribution is 2.76. The molecule has 0 aromatic rings. The quantitative estimate of drug-likeness (QED) is 0.0257. The van der Waals surface area contributed by atoms with Gasteiger partial charge in [-0.3, -0.25) is 4.79 Å². The minimum Gasteiger partial charge on any atom is -0.432 e. The van der Waals surface area contributed by atoms with Gasteiger partial charge >= 0.3 is 5.97 Å². The molecule has 52 unspecified atom stereocenters. The van der Waals surface area contributed by atoms with Gasteiger partial charge in [0.15, 0.2) is 50.3 Å². The number of aliphatic hydroxyl groups is 25. The lowest BCUT2D eigenvalue weighted by molar-refractivity contribution is -0.395. The van der Waals surface area contributed by atoms with E-state index >= 15 is 4.79 Å². The third-order valence-electron chi connectivity index (χ3n) is 31.4. The average Bonchev–Trinajstić information content (AvgIpc) is 0.673. The van der Waals surface area contributed by atoms with Crippen molar-refractivity contribution in [2.24, 2.45) is 50.2 Å². The van der Waals surface area contributed by atoms with Crippen LogP contribution in [0.15, 0.2) is 11.6 Å². The monoisotopic (exact) mass is 1840 g/mol. The highest BCUT2D eigenvalue weighted by Gasteiger charge is 2.71. The Bertz CT molecular complexity index is 3670. The van der Waals surface area contributed by atoms with Crippen LogP contribution < -0.4 is 0 Å². The number of aliphatic hydroxyl groups excluding tert-OH is 25. The van der Waals surface area contributed by atoms with Crippen LogP contribution in [0.25, 0.3) is 0 Å². The van der Waals surface area contributed by atoms with Crippen molar-refractivity contribution < 1.29 is 218 Å². The van der Waals surface area contributed by atoms with Crippen LogP contribution in [0.5, 0.6) is 0 Å². The number of rotatable bonds is 23. The van der Waals surface area contributed by atoms with Gasteiger partial charge in [0.05, 0.1) is 69.5 Å². The molecule has 9 heterocycles. The molecule has 13 fully saturated rings. The van der Waals surface area contributed by atoms with Gasteiger partial charge in [0.2, 0.25) is 6.29 Å². The second-order valence-corrected chi connectivity index (χ2v) is 39.9. The van der Waals surface area contributed by atoms with E-state index in [2.05, 4.69) is 54.5 Å². The summed E-state index contributed by atoms with van der Waals surface area (Å²) >= 11 is 0. The Morgan fingerprint density at radius 1 is 0.370 bits per heavy atom. The maximum atomic E-state index is 15.4. The van der Waals surface area contributed by atoms with E-state index in [-0.39, 0.29) is 34.0 Å². The molecule has 14 rings (SSSR count). The number of carbonyl (C=O) groups is 1. The van der Waals surface area contributed by atoms with Gasteiger partial charge in [0, 0.05) is 0 Å². The first-order chi connectivity index (χ1) is 59.6. The predicted octanol–water partition coefficient (Wildman–Crippen LogP) is -9.19. The first-order valence-corrected chi connectivity index (χ1v) is 44.4. The van der Waals surface area contributed by atoms with Crippen molar-refractivity contribution in [3.05, 3.63) is 11.6 Å². The van der Waals surface area contributed by atoms with E-state index in [1.807, 2.05) is 0 Å². The van der Waals surface area contributed by atoms with Crippen molar-refractivity contribution in [1.29, 1.82) is 0 Å². The fourth-order valence-corrected chi connectivity index (χ4v) is 23.3. The Balaban J connectivity index is 0.599. The molecule has 732 valence electrons. The van der Waals surface area contributed by atoms with Crippen LogP contribution in [0.4, 0.5) is 0 Å². The fraction of sp³-hybridized carbons (Fsp3) is 0.964. The Morgan fingerprint density at radius 3 is 1.29 bits per heavy atom. The molecule has 4 saturated carbocycles. The van der Waals surface area contributed by atoms with Gasteiger partial charge in [-0.15, -0.1) is 0 Å². The van der Waals surface area contributed by atoms with Gasteiger partial charge in [-0.25, -0.2) is 0 Å². The Morgan fingerprint density at radius 2 is 0.772 bits per heavy atom. The zero-order valence-corrected chi connectivity index (χ0v) is 72.5. The molecule has 9 saturated heterocycles. The van der Waals surface area contributed by atoms with Crippen molar-refractivity contribution in [3.63, 3.8) is 0 Å². The summed E-state index contributed by atoms with van der Waals surface area (Å²) in [7, 11) is 0. The maximum absolute atomic E-state index is 15.4. The van der Waals surface area contributed by atoms with Crippen molar-refractivity contribution in [1.82, 2.24) is 0 Å². The summed E-state index contributed by atoms with van der Waals surface area (Å²) in [5, 5.41) is 276. The highest BCUT2D eigenvalue weighted by atomic mass is 16.8. The van der Waals surface area contributed by atoms with Crippen LogP contribution in [-0.2, 0) is 90.1 Å². The molecule has 5 aliphatic carbocycles. The van der Waals surface area contributed by atoms with Crippen molar-refractivity contribution in [2.45, 2.75) is 410 Å². The van der Waals surface area contributed by atoms with Crippen molar-refractivity contribution in [2.75, 3.05) is 39.6 Å². The minimum atomic E-state index is -2.19. The summed E-state index contributed by atoms with van der Waals surface area (Å²) in [5.74, 6) is -0.900. The van der Waals surface area contributed by atoms with E-state index in [0.717, 1.165) is 18.4 Å². The summed E-state index contributed by atoms with van der Waals surface area (Å²) in [6.07, 6.45) is -69.6. The van der Waals surface area contributed by atoms with Crippen LogP contribution >= 0.6 is 0 Å². The lowest BCUT2D eigenvalue weighted by Gasteiger charge is -2.71. The minimum absolute atomic E-state index is 0.00865. The normalized spacial score (nSPS) is 54.8. The maximum Gasteiger partial charge on any atom is 0.315 e. The molecule has 127 heavy (non-hydrogen) atoms. The van der Waals surface area contributed by atoms with Crippen molar-refractivity contribution in [3.8, 4) is 0 Å². The Kier molecular flexibility index (Phi) is 30.7. The molecule has 52 atom stereocenters. The topological polar surface area (TPSA) is 689 Å². The second-order valence-electron chi connectivity index (χ2n) is 39.9. The molecular weight excluding hydrogens is 1700 g/mol. The number of fused-ring (bicyclic) bond motifs is 7. The summed E-state index contributed by atoms with van der Waals surface area (Å²) in [5.41, 5.74) is -1.96. The smallest absolute Gasteiger partial charge is 0.315 e. The summed E-state index contributed by atoms with van der Waals surface area (Å²) in [6.45, 7) is 15.1. The molecular formula is C83H136O44. The zero-order chi connectivity index (χ0) is 92.6. The van der Waals surface area contributed by atoms with E-state index in [9.17, 15) is 128 Å². The summed E-state index contributed by atoms with van der Waals surface area (Å²) < 4.78 is 107. The van der Waals surface area contributed by atoms with Crippen LogP contribution in [0.3, 0.4) is 0 Å². The first-order valence-electron chi connectivity index (χ1n) is 44.4. The van der Waals surface area contributed by atoms with Crippen LogP contribution in [0.1, 0.15) is 133 Å². The Labute approximate surface area is 732 Å². The van der Waals surface area contributed by atoms with Gasteiger partial charge in [0.1, 0.15) is 195 Å². The van der Waals surface area contributed by atoms with E-state index in [0.29, 0.717) is 51.4 Å². The van der Waals surface area contributed by atoms with Crippen molar-refractivity contribution >= 4 is 5.97 Å². The van der Waals surface area contributed by atoms with E-state index in [1.165, 1.54) is 20.8 Å². The number of hydrogen-bond acceptors (Lipinski definition) is 44. The molecule has 0 aromatic carbocycles. The number of allylic oxidation sites excluding steroid dienone is 2.